The van der Waals surface area contributed by atoms with Gasteiger partial charge in [-0.25, -0.2) is 9.37 Å². The predicted octanol–water partition coefficient (Wildman–Crippen LogP) is 3.91. The van der Waals surface area contributed by atoms with Crippen molar-refractivity contribution >= 4 is 33.9 Å². The molecule has 134 valence electrons. The number of amides is 1. The number of thiazole rings is 1. The predicted molar refractivity (Wildman–Crippen MR) is 99.7 cm³/mol. The molecule has 0 bridgehead atoms. The first-order valence-corrected chi connectivity index (χ1v) is 8.98. The van der Waals surface area contributed by atoms with Crippen molar-refractivity contribution in [1.82, 2.24) is 4.98 Å². The van der Waals surface area contributed by atoms with E-state index in [1.54, 1.807) is 41.8 Å². The Labute approximate surface area is 158 Å². The first-order valence-electron chi connectivity index (χ1n) is 8.10. The molecule has 1 saturated heterocycles. The molecule has 7 heteroatoms. The Balaban J connectivity index is 1.98. The number of carbonyl (C=O) groups is 2. The van der Waals surface area contributed by atoms with Crippen LogP contribution in [0.15, 0.2) is 71.7 Å². The van der Waals surface area contributed by atoms with Crippen LogP contribution in [-0.2, 0) is 9.59 Å². The largest absolute Gasteiger partial charge is 0.507 e. The third kappa shape index (κ3) is 2.82. The molecule has 0 saturated carbocycles. The molecule has 1 N–H and O–H groups in total. The summed E-state index contributed by atoms with van der Waals surface area (Å²) in [5.74, 6) is -2.65. The average Bonchev–Trinajstić information content (AvgIpc) is 3.30. The number of aliphatic hydroxyl groups excluding tert-OH is 1. The van der Waals surface area contributed by atoms with E-state index in [-0.39, 0.29) is 22.0 Å². The summed E-state index contributed by atoms with van der Waals surface area (Å²) >= 11 is 1.15. The SMILES string of the molecule is O=C1C(=O)N(c2nccs2)C(c2ccccc2F)/C1=C(\O)c1ccccc1. The smallest absolute Gasteiger partial charge is 0.301 e. The third-order valence-electron chi connectivity index (χ3n) is 4.32. The summed E-state index contributed by atoms with van der Waals surface area (Å²) in [6.07, 6.45) is 1.49. The maximum absolute atomic E-state index is 14.6. The van der Waals surface area contributed by atoms with Crippen molar-refractivity contribution in [3.8, 4) is 0 Å². The first-order chi connectivity index (χ1) is 13.1. The fraction of sp³-hybridized carbons (Fsp3) is 0.0500. The second-order valence-electron chi connectivity index (χ2n) is 5.87. The number of carbonyl (C=O) groups excluding carboxylic acids is 2. The quantitative estimate of drug-likeness (QED) is 0.425. The minimum Gasteiger partial charge on any atom is -0.507 e. The average molecular weight is 380 g/mol. The van der Waals surface area contributed by atoms with E-state index >= 15 is 0 Å². The lowest BCUT2D eigenvalue weighted by atomic mass is 9.95. The lowest BCUT2D eigenvalue weighted by Crippen LogP contribution is -2.29. The van der Waals surface area contributed by atoms with Crippen LogP contribution in [-0.4, -0.2) is 21.8 Å². The molecule has 2 heterocycles. The number of benzene rings is 2. The van der Waals surface area contributed by atoms with Gasteiger partial charge in [-0.3, -0.25) is 14.5 Å². The molecule has 1 aliphatic rings. The number of ketones is 1. The van der Waals surface area contributed by atoms with Crippen LogP contribution in [0.25, 0.3) is 5.76 Å². The third-order valence-corrected chi connectivity index (χ3v) is 5.09. The number of hydrogen-bond acceptors (Lipinski definition) is 5. The summed E-state index contributed by atoms with van der Waals surface area (Å²) < 4.78 is 14.6. The molecule has 3 aromatic rings. The molecule has 1 atom stereocenters. The van der Waals surface area contributed by atoms with Gasteiger partial charge in [-0.2, -0.15) is 0 Å². The molecular formula is C20H13FN2O3S. The van der Waals surface area contributed by atoms with Crippen LogP contribution < -0.4 is 4.90 Å². The topological polar surface area (TPSA) is 70.5 Å². The first kappa shape index (κ1) is 17.1. The van der Waals surface area contributed by atoms with Crippen molar-refractivity contribution in [2.24, 2.45) is 0 Å². The Hall–Kier alpha value is -3.32. The van der Waals surface area contributed by atoms with Gasteiger partial charge in [-0.15, -0.1) is 11.3 Å². The van der Waals surface area contributed by atoms with Gasteiger partial charge in [0.1, 0.15) is 17.6 Å². The molecule has 1 fully saturated rings. The Bertz CT molecular complexity index is 1050. The number of rotatable bonds is 3. The van der Waals surface area contributed by atoms with Gasteiger partial charge in [0.15, 0.2) is 5.13 Å². The molecule has 1 unspecified atom stereocenters. The van der Waals surface area contributed by atoms with E-state index < -0.39 is 23.5 Å². The van der Waals surface area contributed by atoms with Gasteiger partial charge in [-0.1, -0.05) is 48.5 Å². The number of nitrogens with zero attached hydrogens (tertiary/aromatic N) is 2. The fourth-order valence-corrected chi connectivity index (χ4v) is 3.77. The number of Topliss-reactive ketones (excluding diaryl/α,β-unsaturated/α-hetero) is 1. The van der Waals surface area contributed by atoms with Crippen LogP contribution in [0.5, 0.6) is 0 Å². The molecule has 1 aliphatic heterocycles. The van der Waals surface area contributed by atoms with Crippen molar-refractivity contribution in [3.63, 3.8) is 0 Å². The Morgan fingerprint density at radius 3 is 2.44 bits per heavy atom. The van der Waals surface area contributed by atoms with E-state index in [1.165, 1.54) is 24.4 Å². The molecule has 1 aromatic heterocycles. The van der Waals surface area contributed by atoms with Crippen molar-refractivity contribution < 1.29 is 19.1 Å². The maximum atomic E-state index is 14.6. The Kier molecular flexibility index (Phi) is 4.29. The lowest BCUT2D eigenvalue weighted by Gasteiger charge is -2.23. The Morgan fingerprint density at radius 2 is 1.78 bits per heavy atom. The van der Waals surface area contributed by atoms with Crippen LogP contribution in [0, 0.1) is 5.82 Å². The molecular weight excluding hydrogens is 367 g/mol. The lowest BCUT2D eigenvalue weighted by molar-refractivity contribution is -0.132. The summed E-state index contributed by atoms with van der Waals surface area (Å²) in [5, 5.41) is 12.7. The van der Waals surface area contributed by atoms with Gasteiger partial charge in [0.05, 0.1) is 5.57 Å². The van der Waals surface area contributed by atoms with E-state index in [2.05, 4.69) is 4.98 Å². The van der Waals surface area contributed by atoms with Gasteiger partial charge < -0.3 is 5.11 Å². The molecule has 1 amide bonds. The van der Waals surface area contributed by atoms with Gasteiger partial charge in [0.25, 0.3) is 5.78 Å². The minimum absolute atomic E-state index is 0.115. The fourth-order valence-electron chi connectivity index (χ4n) is 3.11. The van der Waals surface area contributed by atoms with E-state index in [0.717, 1.165) is 16.2 Å². The number of aliphatic hydroxyl groups is 1. The highest BCUT2D eigenvalue weighted by atomic mass is 32.1. The zero-order valence-corrected chi connectivity index (χ0v) is 14.7. The summed E-state index contributed by atoms with van der Waals surface area (Å²) in [6, 6.07) is 13.2. The van der Waals surface area contributed by atoms with Crippen LogP contribution in [0.2, 0.25) is 0 Å². The second kappa shape index (κ2) is 6.77. The molecule has 5 nitrogen and oxygen atoms in total. The highest BCUT2D eigenvalue weighted by Gasteiger charge is 2.48. The van der Waals surface area contributed by atoms with Gasteiger partial charge >= 0.3 is 5.91 Å². The van der Waals surface area contributed by atoms with Crippen LogP contribution in [0.3, 0.4) is 0 Å². The normalized spacial score (nSPS) is 18.9. The van der Waals surface area contributed by atoms with Crippen LogP contribution in [0.1, 0.15) is 17.2 Å². The highest BCUT2D eigenvalue weighted by Crippen LogP contribution is 2.43. The van der Waals surface area contributed by atoms with Gasteiger partial charge in [0, 0.05) is 22.7 Å². The van der Waals surface area contributed by atoms with E-state index in [0.29, 0.717) is 5.56 Å². The Morgan fingerprint density at radius 1 is 1.07 bits per heavy atom. The van der Waals surface area contributed by atoms with Crippen molar-refractivity contribution in [2.75, 3.05) is 4.90 Å². The zero-order chi connectivity index (χ0) is 19.0. The molecule has 27 heavy (non-hydrogen) atoms. The standard InChI is InChI=1S/C20H13FN2O3S/c21-14-9-5-4-8-13(14)16-15(17(24)12-6-2-1-3-7-12)18(25)19(26)23(16)20-22-10-11-27-20/h1-11,16,24H/b17-15+. The monoisotopic (exact) mass is 380 g/mol. The molecule has 2 aromatic carbocycles. The number of halogens is 1. The molecule has 0 aliphatic carbocycles. The second-order valence-corrected chi connectivity index (χ2v) is 6.74. The van der Waals surface area contributed by atoms with Crippen molar-refractivity contribution in [1.29, 1.82) is 0 Å². The number of aromatic nitrogens is 1. The molecule has 0 spiro atoms. The zero-order valence-electron chi connectivity index (χ0n) is 13.9. The number of hydrogen-bond donors (Lipinski definition) is 1. The van der Waals surface area contributed by atoms with E-state index in [9.17, 15) is 19.1 Å². The number of anilines is 1. The van der Waals surface area contributed by atoms with E-state index in [4.69, 9.17) is 0 Å². The van der Waals surface area contributed by atoms with Crippen LogP contribution >= 0.6 is 11.3 Å². The van der Waals surface area contributed by atoms with Gasteiger partial charge in [-0.05, 0) is 6.07 Å². The molecule has 0 radical (unpaired) electrons. The van der Waals surface area contributed by atoms with Crippen molar-refractivity contribution in [2.45, 2.75) is 6.04 Å². The summed E-state index contributed by atoms with van der Waals surface area (Å²) in [6.45, 7) is 0. The summed E-state index contributed by atoms with van der Waals surface area (Å²) in [5.41, 5.74) is 0.326. The molecule has 4 rings (SSSR count). The highest BCUT2D eigenvalue weighted by molar-refractivity contribution is 7.14. The van der Waals surface area contributed by atoms with Gasteiger partial charge in [0.2, 0.25) is 0 Å². The van der Waals surface area contributed by atoms with E-state index in [1.807, 2.05) is 0 Å². The summed E-state index contributed by atoms with van der Waals surface area (Å²) in [7, 11) is 0. The summed E-state index contributed by atoms with van der Waals surface area (Å²) in [4.78, 5) is 30.7. The minimum atomic E-state index is -1.10. The van der Waals surface area contributed by atoms with Crippen LogP contribution in [0.4, 0.5) is 9.52 Å². The van der Waals surface area contributed by atoms with Crippen molar-refractivity contribution in [3.05, 3.63) is 88.7 Å². The maximum Gasteiger partial charge on any atom is 0.301 e.